The van der Waals surface area contributed by atoms with Crippen molar-refractivity contribution in [1.82, 2.24) is 9.80 Å². The van der Waals surface area contributed by atoms with Gasteiger partial charge in [-0.2, -0.15) is 0 Å². The van der Waals surface area contributed by atoms with Gasteiger partial charge in [-0.1, -0.05) is 187 Å². The van der Waals surface area contributed by atoms with E-state index in [4.69, 9.17) is 50.4 Å². The van der Waals surface area contributed by atoms with Gasteiger partial charge in [0.2, 0.25) is 14.5 Å². The molecule has 2 aliphatic rings. The second kappa shape index (κ2) is 49.1. The number of hydrogen-bond donors (Lipinski definition) is 6. The fraction of sp³-hybridized carbons (Fsp3) is 0.307. The predicted octanol–water partition coefficient (Wildman–Crippen LogP) is 15.5. The Hall–Kier alpha value is -8.50. The number of aliphatic carboxylic acids is 1. The lowest BCUT2D eigenvalue weighted by molar-refractivity contribution is -0.270. The number of ether oxygens (including phenoxy) is 3. The maximum atomic E-state index is 11.6. The molecule has 6 aromatic rings. The van der Waals surface area contributed by atoms with Gasteiger partial charge in [0.1, 0.15) is 41.7 Å². The fourth-order valence-corrected chi connectivity index (χ4v) is 9.59. The first-order valence-corrected chi connectivity index (χ1v) is 35.6. The van der Waals surface area contributed by atoms with E-state index in [1.165, 1.54) is 36.5 Å². The number of aliphatic hydroxyl groups is 1. The van der Waals surface area contributed by atoms with Crippen molar-refractivity contribution in [2.45, 2.75) is 109 Å². The highest BCUT2D eigenvalue weighted by Gasteiger charge is 2.25. The molecule has 0 saturated heterocycles. The summed E-state index contributed by atoms with van der Waals surface area (Å²) in [6.07, 6.45) is 21.4. The van der Waals surface area contributed by atoms with Crippen molar-refractivity contribution < 1.29 is 98.0 Å². The van der Waals surface area contributed by atoms with Crippen LogP contribution in [-0.4, -0.2) is 126 Å². The minimum atomic E-state index is -1.67. The van der Waals surface area contributed by atoms with Crippen molar-refractivity contribution in [3.8, 4) is 17.2 Å². The lowest BCUT2D eigenvalue weighted by Crippen LogP contribution is -2.32. The van der Waals surface area contributed by atoms with Crippen LogP contribution in [0.1, 0.15) is 153 Å². The quantitative estimate of drug-likeness (QED) is 0.00532. The van der Waals surface area contributed by atoms with Crippen molar-refractivity contribution in [1.29, 1.82) is 0 Å². The molecule has 4 unspecified atom stereocenters. The molecule has 6 N–H and O–H groups in total. The molecule has 22 nitrogen and oxygen atoms in total. The zero-order valence-electron chi connectivity index (χ0n) is 56.1. The first-order valence-electron chi connectivity index (χ1n) is 32.4. The van der Waals surface area contributed by atoms with Crippen molar-refractivity contribution in [3.63, 3.8) is 0 Å². The van der Waals surface area contributed by atoms with Gasteiger partial charge in [0.25, 0.3) is 23.6 Å². The number of carboxylic acids is 1. The number of aliphatic hydroxyl groups excluding tert-OH is 1. The Bertz CT molecular complexity index is 3460. The number of carboxylic acid groups (broad SMARTS) is 1. The number of nitrogens with zero attached hydrogens (tertiary/aromatic N) is 2. The average molecular weight is 1470 g/mol. The number of benzene rings is 6. The Morgan fingerprint density at radius 2 is 0.733 bits per heavy atom. The maximum Gasteiger partial charge on any atom is 0.328 e. The van der Waals surface area contributed by atoms with E-state index in [-0.39, 0.29) is 49.7 Å². The second-order valence-electron chi connectivity index (χ2n) is 22.2. The summed E-state index contributed by atoms with van der Waals surface area (Å²) >= 11 is 5.28. The molecule has 0 bridgehead atoms. The third-order valence-electron chi connectivity index (χ3n) is 14.9. The summed E-state index contributed by atoms with van der Waals surface area (Å²) in [5, 5.41) is 53.9. The van der Waals surface area contributed by atoms with E-state index in [1.54, 1.807) is 42.5 Å². The van der Waals surface area contributed by atoms with Gasteiger partial charge in [0, 0.05) is 58.3 Å². The van der Waals surface area contributed by atoms with E-state index in [9.17, 15) is 44.5 Å². The molecule has 4 amide bonds. The lowest BCUT2D eigenvalue weighted by atomic mass is 10.00. The molecule has 0 spiro atoms. The number of amides is 4. The van der Waals surface area contributed by atoms with Crippen LogP contribution in [0.15, 0.2) is 188 Å². The van der Waals surface area contributed by atoms with E-state index in [1.807, 2.05) is 121 Å². The van der Waals surface area contributed by atoms with Crippen LogP contribution in [0.3, 0.4) is 0 Å². The Morgan fingerprint density at radius 3 is 1.00 bits per heavy atom. The average Bonchev–Trinajstić information content (AvgIpc) is 1.79. The molecule has 2 aliphatic heterocycles. The standard InChI is InChI=1S/C27H31NO7.C21H23ClO4.C21H24O5.C6H7NO3.Cl2OS/c1-2-3-4-19-33-23-13-10-22(11-14-23)27(35-32)21-8-5-20(6-9-21)7-12-24(34-31)17-18-28-25(29)15-16-26(28)30;2*1-2-3-4-15-25-19-12-10-18(11-13-19)21(26-24)17-8-5-16(6-9-17)7-14-20(22)23;8-4-3-7-5(9)1-2-6(7)10;1-4(2)3/h5-16,24,27,31-32H,2-4,17-19H2,1H3;5-14,21,24H,2-4,15H2,1H3;5-14,21,24H,2-4,15H2,1H3,(H,22,23);1-2,8H,3-4H2;. The summed E-state index contributed by atoms with van der Waals surface area (Å²) in [5.74, 6) is -0.0799. The molecule has 0 radical (unpaired) electrons. The highest BCUT2D eigenvalue weighted by atomic mass is 36.0. The van der Waals surface area contributed by atoms with Crippen LogP contribution in [0.4, 0.5) is 0 Å². The van der Waals surface area contributed by atoms with Crippen LogP contribution in [0.5, 0.6) is 17.2 Å². The van der Waals surface area contributed by atoms with Crippen LogP contribution in [0.25, 0.3) is 18.2 Å². The monoisotopic (exact) mass is 1470 g/mol. The molecular weight excluding hydrogens is 1390 g/mol. The predicted molar refractivity (Wildman–Crippen MR) is 387 cm³/mol. The molecular formula is C75H85Cl3N2O20S. The highest BCUT2D eigenvalue weighted by molar-refractivity contribution is 8.26. The van der Waals surface area contributed by atoms with Crippen molar-refractivity contribution in [2.75, 3.05) is 39.5 Å². The summed E-state index contributed by atoms with van der Waals surface area (Å²) in [5.41, 5.74) is 7.11. The van der Waals surface area contributed by atoms with Gasteiger partial charge in [-0.05, 0) is 136 Å². The molecule has 26 heteroatoms. The molecule has 6 aromatic carbocycles. The first kappa shape index (κ1) is 84.9. The molecule has 0 aromatic heterocycles. The van der Waals surface area contributed by atoms with Crippen molar-refractivity contribution in [3.05, 3.63) is 238 Å². The van der Waals surface area contributed by atoms with Gasteiger partial charge in [-0.15, -0.1) is 0 Å². The van der Waals surface area contributed by atoms with Gasteiger partial charge < -0.3 is 24.4 Å². The number of rotatable bonds is 36. The summed E-state index contributed by atoms with van der Waals surface area (Å²) in [7, 11) is 7.36. The smallest absolute Gasteiger partial charge is 0.328 e. The van der Waals surface area contributed by atoms with Gasteiger partial charge >= 0.3 is 5.97 Å². The van der Waals surface area contributed by atoms with Crippen LogP contribution in [-0.2, 0) is 57.5 Å². The van der Waals surface area contributed by atoms with Gasteiger partial charge in [0.15, 0.2) is 0 Å². The normalized spacial score (nSPS) is 13.6. The topological polar surface area (TPSA) is 312 Å². The maximum absolute atomic E-state index is 11.6. The van der Waals surface area contributed by atoms with Gasteiger partial charge in [-0.3, -0.25) is 54.8 Å². The zero-order valence-corrected chi connectivity index (χ0v) is 59.2. The summed E-state index contributed by atoms with van der Waals surface area (Å²) < 4.78 is 26.2. The second-order valence-corrected chi connectivity index (χ2v) is 25.1. The zero-order chi connectivity index (χ0) is 73.7. The molecule has 8 rings (SSSR count). The van der Waals surface area contributed by atoms with E-state index in [0.717, 1.165) is 141 Å². The number of unbranched alkanes of at least 4 members (excludes halogenated alkanes) is 6. The molecule has 0 aliphatic carbocycles. The highest BCUT2D eigenvalue weighted by Crippen LogP contribution is 2.31. The van der Waals surface area contributed by atoms with Crippen LogP contribution in [0, 0.1) is 0 Å². The minimum absolute atomic E-state index is 0.0880. The fourth-order valence-electron chi connectivity index (χ4n) is 9.52. The Morgan fingerprint density at radius 1 is 0.446 bits per heavy atom. The Balaban J connectivity index is 0.000000296. The van der Waals surface area contributed by atoms with Gasteiger partial charge in [-0.25, -0.2) is 28.6 Å². The third kappa shape index (κ3) is 32.4. The Labute approximate surface area is 604 Å². The molecule has 2 heterocycles. The number of imide groups is 2. The number of carbonyl (C=O) groups is 6. The molecule has 101 heavy (non-hydrogen) atoms. The Kier molecular flexibility index (Phi) is 41.3. The number of halogens is 3. The number of allylic oxidation sites excluding steroid dienone is 1. The van der Waals surface area contributed by atoms with Crippen LogP contribution < -0.4 is 14.2 Å². The van der Waals surface area contributed by atoms with Crippen LogP contribution >= 0.6 is 33.0 Å². The van der Waals surface area contributed by atoms with Crippen LogP contribution in [0.2, 0.25) is 0 Å². The SMILES string of the molecule is CCCCCOc1ccc(C(OO)c2ccc(C=CC(=O)Cl)cc2)cc1.CCCCCOc1ccc(C(OO)c2ccc(C=CC(=O)O)cc2)cc1.CCCCCOc1ccc(C(OO)c2ccc(C=CC(CCN3C(=O)C=CC3=O)OO)cc2)cc1.O=C1C=CC(=O)N1CCO.O=S(Cl)Cl. The summed E-state index contributed by atoms with van der Waals surface area (Å²) in [4.78, 5) is 86.6. The van der Waals surface area contributed by atoms with Crippen molar-refractivity contribution >= 4 is 95.3 Å². The number of hydrogen-bond acceptors (Lipinski definition) is 19. The van der Waals surface area contributed by atoms with E-state index in [0.29, 0.717) is 19.8 Å². The van der Waals surface area contributed by atoms with E-state index >= 15 is 0 Å². The number of β-amino-alcohol motifs (C(OH)–C–C–N with tert-alkyl or cyclic N) is 1. The van der Waals surface area contributed by atoms with Crippen molar-refractivity contribution in [2.24, 2.45) is 0 Å². The summed E-state index contributed by atoms with van der Waals surface area (Å²) in [6, 6.07) is 44.1. The van der Waals surface area contributed by atoms with Gasteiger partial charge in [0.05, 0.1) is 33.0 Å². The largest absolute Gasteiger partial charge is 0.494 e. The third-order valence-corrected chi connectivity index (χ3v) is 15.0. The molecule has 0 fully saturated rings. The number of carbonyl (C=O) groups excluding carboxylic acids is 5. The first-order chi connectivity index (χ1) is 48.8. The molecule has 4 atom stereocenters. The molecule has 0 saturated carbocycles. The lowest BCUT2D eigenvalue weighted by Gasteiger charge is -2.16. The van der Waals surface area contributed by atoms with E-state index < -0.39 is 44.9 Å². The summed E-state index contributed by atoms with van der Waals surface area (Å²) in [6.45, 7) is 8.57. The van der Waals surface area contributed by atoms with E-state index in [2.05, 4.69) is 56.8 Å². The molecule has 542 valence electrons. The minimum Gasteiger partial charge on any atom is -0.494 e.